The summed E-state index contributed by atoms with van der Waals surface area (Å²) in [6, 6.07) is 2.92. The maximum absolute atomic E-state index is 13.4. The van der Waals surface area contributed by atoms with Crippen molar-refractivity contribution in [2.75, 3.05) is 19.8 Å². The first kappa shape index (κ1) is 36.0. The van der Waals surface area contributed by atoms with Crippen molar-refractivity contribution in [3.05, 3.63) is 31.5 Å². The van der Waals surface area contributed by atoms with Gasteiger partial charge < -0.3 is 13.3 Å². The SMILES string of the molecule is CCO[Si](C)(C)CCCCn1c(=O)n(CCCC[Si](C)(C)OCC)c(=O)n(CCCC[Si](C)(C)OCC)c1=O. The number of unbranched alkanes of at least 4 members (excludes halogenated alkanes) is 3. The third-order valence-electron chi connectivity index (χ3n) is 7.22. The van der Waals surface area contributed by atoms with Crippen molar-refractivity contribution in [2.24, 2.45) is 0 Å². The standard InChI is InChI=1S/C27H57N3O6Si3/c1-10-34-37(4,5)22-16-13-19-28-25(31)29(20-14-17-23-38(6,7)35-11-2)27(33)30(26(28)32)21-15-18-24-39(8,9)36-12-3/h10-24H2,1-9H3. The zero-order chi connectivity index (χ0) is 29.7. The first-order valence-corrected chi connectivity index (χ1v) is 24.4. The van der Waals surface area contributed by atoms with Gasteiger partial charge in [-0.05, 0) is 97.4 Å². The van der Waals surface area contributed by atoms with E-state index in [0.717, 1.165) is 37.4 Å². The highest BCUT2D eigenvalue weighted by atomic mass is 28.4. The van der Waals surface area contributed by atoms with Crippen LogP contribution >= 0.6 is 0 Å². The molecule has 0 aliphatic carbocycles. The summed E-state index contributed by atoms with van der Waals surface area (Å²) in [5.41, 5.74) is -1.43. The molecule has 0 atom stereocenters. The van der Waals surface area contributed by atoms with Gasteiger partial charge in [-0.25, -0.2) is 28.1 Å². The molecule has 9 nitrogen and oxygen atoms in total. The van der Waals surface area contributed by atoms with Gasteiger partial charge in [0.25, 0.3) is 0 Å². The van der Waals surface area contributed by atoms with Crippen molar-refractivity contribution in [2.45, 2.75) is 136 Å². The lowest BCUT2D eigenvalue weighted by molar-refractivity contribution is 0.327. The summed E-state index contributed by atoms with van der Waals surface area (Å²) in [7, 11) is -5.18. The van der Waals surface area contributed by atoms with Crippen LogP contribution in [0.1, 0.15) is 59.3 Å². The molecule has 12 heteroatoms. The van der Waals surface area contributed by atoms with Crippen LogP contribution in [0.15, 0.2) is 14.4 Å². The second-order valence-electron chi connectivity index (χ2n) is 12.3. The molecule has 39 heavy (non-hydrogen) atoms. The van der Waals surface area contributed by atoms with Gasteiger partial charge in [-0.15, -0.1) is 0 Å². The zero-order valence-corrected chi connectivity index (χ0v) is 29.4. The van der Waals surface area contributed by atoms with Gasteiger partial charge in [0.05, 0.1) is 0 Å². The second kappa shape index (κ2) is 17.0. The van der Waals surface area contributed by atoms with Crippen LogP contribution in [0.3, 0.4) is 0 Å². The van der Waals surface area contributed by atoms with Crippen LogP contribution in [0.25, 0.3) is 0 Å². The van der Waals surface area contributed by atoms with Gasteiger partial charge in [0, 0.05) is 39.5 Å². The minimum Gasteiger partial charge on any atom is -0.418 e. The second-order valence-corrected chi connectivity index (χ2v) is 25.2. The summed E-state index contributed by atoms with van der Waals surface area (Å²) in [6.07, 6.45) is 4.78. The van der Waals surface area contributed by atoms with Gasteiger partial charge in [-0.1, -0.05) is 19.3 Å². The van der Waals surface area contributed by atoms with Crippen LogP contribution in [0.4, 0.5) is 0 Å². The normalized spacial score (nSPS) is 12.8. The molecule has 0 saturated carbocycles. The van der Waals surface area contributed by atoms with Crippen LogP contribution < -0.4 is 17.1 Å². The monoisotopic (exact) mass is 603 g/mol. The first-order valence-electron chi connectivity index (χ1n) is 15.1. The molecule has 0 unspecified atom stereocenters. The van der Waals surface area contributed by atoms with Gasteiger partial charge in [0.2, 0.25) is 0 Å². The molecule has 0 spiro atoms. The van der Waals surface area contributed by atoms with E-state index < -0.39 is 42.0 Å². The summed E-state index contributed by atoms with van der Waals surface area (Å²) in [5, 5.41) is 0. The van der Waals surface area contributed by atoms with E-state index in [1.54, 1.807) is 0 Å². The molecule has 0 aliphatic heterocycles. The maximum Gasteiger partial charge on any atom is 0.336 e. The average Bonchev–Trinajstić information content (AvgIpc) is 2.82. The van der Waals surface area contributed by atoms with Gasteiger partial charge in [0.15, 0.2) is 25.0 Å². The van der Waals surface area contributed by atoms with Gasteiger partial charge in [-0.2, -0.15) is 0 Å². The maximum atomic E-state index is 13.4. The van der Waals surface area contributed by atoms with Crippen molar-refractivity contribution in [1.29, 1.82) is 0 Å². The van der Waals surface area contributed by atoms with Crippen molar-refractivity contribution in [3.63, 3.8) is 0 Å². The average molecular weight is 604 g/mol. The molecular formula is C27H57N3O6Si3. The van der Waals surface area contributed by atoms with Crippen LogP contribution in [-0.2, 0) is 32.9 Å². The minimum atomic E-state index is -1.73. The predicted molar refractivity (Wildman–Crippen MR) is 169 cm³/mol. The lowest BCUT2D eigenvalue weighted by Gasteiger charge is -2.22. The number of aromatic nitrogens is 3. The lowest BCUT2D eigenvalue weighted by atomic mass is 10.3. The quantitative estimate of drug-likeness (QED) is 0.141. The Morgan fingerprint density at radius 1 is 0.462 bits per heavy atom. The van der Waals surface area contributed by atoms with Crippen molar-refractivity contribution in [3.8, 4) is 0 Å². The Hall–Kier alpha value is -1.06. The summed E-state index contributed by atoms with van der Waals surface area (Å²) in [6.45, 7) is 22.3. The molecular weight excluding hydrogens is 547 g/mol. The highest BCUT2D eigenvalue weighted by Crippen LogP contribution is 2.17. The third kappa shape index (κ3) is 13.0. The van der Waals surface area contributed by atoms with E-state index in [2.05, 4.69) is 39.3 Å². The highest BCUT2D eigenvalue weighted by Gasteiger charge is 2.23. The molecule has 1 aromatic rings. The number of rotatable bonds is 21. The Balaban J connectivity index is 3.08. The highest BCUT2D eigenvalue weighted by molar-refractivity contribution is 6.71. The van der Waals surface area contributed by atoms with Crippen LogP contribution in [-0.4, -0.2) is 58.5 Å². The Morgan fingerprint density at radius 3 is 0.897 bits per heavy atom. The Kier molecular flexibility index (Phi) is 15.7. The molecule has 0 fully saturated rings. The van der Waals surface area contributed by atoms with Crippen LogP contribution in [0.5, 0.6) is 0 Å². The number of nitrogens with zero attached hydrogens (tertiary/aromatic N) is 3. The van der Waals surface area contributed by atoms with E-state index in [-0.39, 0.29) is 0 Å². The fraction of sp³-hybridized carbons (Fsp3) is 0.889. The third-order valence-corrected chi connectivity index (χ3v) is 15.1. The predicted octanol–water partition coefficient (Wildman–Crippen LogP) is 5.24. The Bertz CT molecular complexity index is 874. The molecule has 0 N–H and O–H groups in total. The zero-order valence-electron chi connectivity index (χ0n) is 26.4. The van der Waals surface area contributed by atoms with Crippen molar-refractivity contribution >= 4 is 25.0 Å². The molecule has 0 bridgehead atoms. The summed E-state index contributed by atoms with van der Waals surface area (Å²) < 4.78 is 21.6. The summed E-state index contributed by atoms with van der Waals surface area (Å²) in [4.78, 5) is 40.1. The fourth-order valence-corrected chi connectivity index (χ4v) is 11.2. The minimum absolute atomic E-state index is 0.323. The van der Waals surface area contributed by atoms with Gasteiger partial charge in [0.1, 0.15) is 0 Å². The first-order chi connectivity index (χ1) is 18.2. The Labute approximate surface area is 239 Å². The van der Waals surface area contributed by atoms with Gasteiger partial charge >= 0.3 is 17.1 Å². The van der Waals surface area contributed by atoms with Crippen molar-refractivity contribution < 1.29 is 13.3 Å². The smallest absolute Gasteiger partial charge is 0.336 e. The van der Waals surface area contributed by atoms with E-state index in [0.29, 0.717) is 58.7 Å². The summed E-state index contributed by atoms with van der Waals surface area (Å²) >= 11 is 0. The van der Waals surface area contributed by atoms with E-state index in [4.69, 9.17) is 13.3 Å². The molecule has 0 aliphatic rings. The van der Waals surface area contributed by atoms with Crippen LogP contribution in [0.2, 0.25) is 57.4 Å². The molecule has 1 aromatic heterocycles. The molecule has 0 aromatic carbocycles. The van der Waals surface area contributed by atoms with E-state index in [1.807, 2.05) is 20.8 Å². The summed E-state index contributed by atoms with van der Waals surface area (Å²) in [5.74, 6) is 0. The molecule has 1 rings (SSSR count). The molecule has 0 radical (unpaired) electrons. The number of hydrogen-bond donors (Lipinski definition) is 0. The molecule has 0 amide bonds. The van der Waals surface area contributed by atoms with E-state index in [9.17, 15) is 14.4 Å². The molecule has 228 valence electrons. The largest absolute Gasteiger partial charge is 0.418 e. The topological polar surface area (TPSA) is 93.7 Å². The van der Waals surface area contributed by atoms with E-state index in [1.165, 1.54) is 13.7 Å². The Morgan fingerprint density at radius 2 is 0.692 bits per heavy atom. The number of hydrogen-bond acceptors (Lipinski definition) is 6. The van der Waals surface area contributed by atoms with E-state index >= 15 is 0 Å². The lowest BCUT2D eigenvalue weighted by Crippen LogP contribution is -2.54. The molecule has 0 saturated heterocycles. The fourth-order valence-electron chi connectivity index (χ4n) is 5.11. The van der Waals surface area contributed by atoms with Gasteiger partial charge in [-0.3, -0.25) is 0 Å². The molecule has 1 heterocycles. The van der Waals surface area contributed by atoms with Crippen molar-refractivity contribution in [1.82, 2.24) is 13.7 Å². The van der Waals surface area contributed by atoms with Crippen LogP contribution in [0, 0.1) is 0 Å².